The fourth-order valence-electron chi connectivity index (χ4n) is 4.01. The van der Waals surface area contributed by atoms with Crippen LogP contribution in [0.5, 0.6) is 0 Å². The van der Waals surface area contributed by atoms with E-state index < -0.39 is 16.8 Å². The molecule has 174 valence electrons. The van der Waals surface area contributed by atoms with Crippen LogP contribution in [0.15, 0.2) is 83.7 Å². The number of hydrogen-bond acceptors (Lipinski definition) is 3. The molecule has 4 aromatic rings. The molecule has 1 heterocycles. The summed E-state index contributed by atoms with van der Waals surface area (Å²) in [6.45, 7) is 4.19. The van der Waals surface area contributed by atoms with E-state index >= 15 is 0 Å². The Hall–Kier alpha value is -3.15. The molecule has 0 aliphatic heterocycles. The number of carbonyl (C=O) groups is 1. The van der Waals surface area contributed by atoms with Crippen LogP contribution in [0.2, 0.25) is 0 Å². The highest BCUT2D eigenvalue weighted by atomic mass is 35.5. The second kappa shape index (κ2) is 10.4. The molecule has 0 radical (unpaired) electrons. The van der Waals surface area contributed by atoms with E-state index in [1.54, 1.807) is 21.6 Å². The smallest absolute Gasteiger partial charge is 0.266 e. The van der Waals surface area contributed by atoms with Gasteiger partial charge in [0.1, 0.15) is 5.82 Å². The van der Waals surface area contributed by atoms with Crippen molar-refractivity contribution in [3.63, 3.8) is 0 Å². The van der Waals surface area contributed by atoms with Gasteiger partial charge in [-0.25, -0.2) is 4.98 Å². The lowest BCUT2D eigenvalue weighted by Crippen LogP contribution is -2.39. The quantitative estimate of drug-likeness (QED) is 0.303. The van der Waals surface area contributed by atoms with Gasteiger partial charge < -0.3 is 4.90 Å². The molecule has 7 heteroatoms. The molecule has 1 atom stereocenters. The van der Waals surface area contributed by atoms with E-state index in [1.807, 2.05) is 73.7 Å². The second-order valence-electron chi connectivity index (χ2n) is 8.08. The molecule has 0 saturated heterocycles. The predicted octanol–water partition coefficient (Wildman–Crippen LogP) is 5.84. The van der Waals surface area contributed by atoms with Crippen LogP contribution in [0.25, 0.3) is 16.6 Å². The van der Waals surface area contributed by atoms with Crippen molar-refractivity contribution in [2.75, 3.05) is 0 Å². The molecule has 0 fully saturated rings. The fraction of sp³-hybridized carbons (Fsp3) is 0.222. The summed E-state index contributed by atoms with van der Waals surface area (Å²) in [5.74, 6) is -0.0128. The number of rotatable bonds is 7. The van der Waals surface area contributed by atoms with Crippen molar-refractivity contribution in [3.8, 4) is 5.69 Å². The van der Waals surface area contributed by atoms with Crippen molar-refractivity contribution in [2.24, 2.45) is 0 Å². The zero-order chi connectivity index (χ0) is 24.2. The molecule has 0 aliphatic rings. The maximum atomic E-state index is 13.7. The summed E-state index contributed by atoms with van der Waals surface area (Å²) >= 11 is 12.0. The Morgan fingerprint density at radius 2 is 1.59 bits per heavy atom. The number of aryl methyl sites for hydroxylation is 1. The van der Waals surface area contributed by atoms with Crippen LogP contribution in [-0.2, 0) is 17.8 Å². The molecule has 1 unspecified atom stereocenters. The third kappa shape index (κ3) is 4.86. The lowest BCUT2D eigenvalue weighted by Gasteiger charge is -2.31. The van der Waals surface area contributed by atoms with E-state index in [9.17, 15) is 9.59 Å². The van der Waals surface area contributed by atoms with Crippen LogP contribution in [-0.4, -0.2) is 25.2 Å². The lowest BCUT2D eigenvalue weighted by atomic mass is 10.1. The zero-order valence-electron chi connectivity index (χ0n) is 19.0. The van der Waals surface area contributed by atoms with Crippen LogP contribution >= 0.6 is 23.2 Å². The van der Waals surface area contributed by atoms with Crippen molar-refractivity contribution in [1.82, 2.24) is 14.5 Å². The SMILES string of the molecule is CCc1ccc(-n2c(C(C)N(Cc3ccccc3)C(=O)C(Cl)Cl)nc3ccccc3c2=O)cc1. The first-order chi connectivity index (χ1) is 16.4. The van der Waals surface area contributed by atoms with Gasteiger partial charge in [0.25, 0.3) is 11.5 Å². The van der Waals surface area contributed by atoms with E-state index in [4.69, 9.17) is 28.2 Å². The Kier molecular flexibility index (Phi) is 7.35. The average molecular weight is 494 g/mol. The summed E-state index contributed by atoms with van der Waals surface area (Å²) in [5, 5.41) is 0.506. The Morgan fingerprint density at radius 3 is 2.24 bits per heavy atom. The molecular formula is C27H25Cl2N3O2. The standard InChI is InChI=1S/C27H25Cl2N3O2/c1-3-19-13-15-21(16-14-19)32-25(30-23-12-8-7-11-22(23)26(32)33)18(2)31(27(34)24(28)29)17-20-9-5-4-6-10-20/h4-16,18,24H,3,17H2,1-2H3. The summed E-state index contributed by atoms with van der Waals surface area (Å²) in [6.07, 6.45) is 0.889. The van der Waals surface area contributed by atoms with Crippen LogP contribution in [0.4, 0.5) is 0 Å². The number of amides is 1. The van der Waals surface area contributed by atoms with Crippen LogP contribution in [0.1, 0.15) is 36.8 Å². The van der Waals surface area contributed by atoms with Crippen molar-refractivity contribution in [2.45, 2.75) is 37.7 Å². The highest BCUT2D eigenvalue weighted by Crippen LogP contribution is 2.26. The Morgan fingerprint density at radius 1 is 0.941 bits per heavy atom. The number of carbonyl (C=O) groups excluding carboxylic acids is 1. The van der Waals surface area contributed by atoms with Crippen molar-refractivity contribution < 1.29 is 4.79 Å². The second-order valence-corrected chi connectivity index (χ2v) is 9.17. The fourth-order valence-corrected chi connectivity index (χ4v) is 4.26. The molecule has 4 rings (SSSR count). The molecule has 0 spiro atoms. The van der Waals surface area contributed by atoms with Gasteiger partial charge in [0.15, 0.2) is 4.84 Å². The summed E-state index contributed by atoms with van der Waals surface area (Å²) in [5.41, 5.74) is 3.13. The van der Waals surface area contributed by atoms with Gasteiger partial charge >= 0.3 is 0 Å². The first-order valence-electron chi connectivity index (χ1n) is 11.1. The van der Waals surface area contributed by atoms with Gasteiger partial charge in [-0.2, -0.15) is 0 Å². The monoisotopic (exact) mass is 493 g/mol. The number of nitrogens with zero attached hydrogens (tertiary/aromatic N) is 3. The van der Waals surface area contributed by atoms with Gasteiger partial charge in [0.05, 0.1) is 22.6 Å². The van der Waals surface area contributed by atoms with Crippen molar-refractivity contribution >= 4 is 40.0 Å². The van der Waals surface area contributed by atoms with E-state index in [-0.39, 0.29) is 12.1 Å². The number of benzene rings is 3. The van der Waals surface area contributed by atoms with Gasteiger partial charge in [-0.3, -0.25) is 14.2 Å². The molecule has 0 N–H and O–H groups in total. The number of hydrogen-bond donors (Lipinski definition) is 0. The maximum Gasteiger partial charge on any atom is 0.266 e. The molecule has 1 amide bonds. The average Bonchev–Trinajstić information content (AvgIpc) is 2.87. The molecule has 0 aliphatic carbocycles. The maximum absolute atomic E-state index is 13.7. The minimum atomic E-state index is -1.24. The van der Waals surface area contributed by atoms with Gasteiger partial charge in [0, 0.05) is 6.54 Å². The normalized spacial score (nSPS) is 12.1. The summed E-state index contributed by atoms with van der Waals surface area (Å²) in [7, 11) is 0. The van der Waals surface area contributed by atoms with E-state index in [2.05, 4.69) is 6.92 Å². The largest absolute Gasteiger partial charge is 0.326 e. The third-order valence-electron chi connectivity index (χ3n) is 5.91. The first kappa shape index (κ1) is 24.0. The number of alkyl halides is 2. The minimum Gasteiger partial charge on any atom is -0.326 e. The van der Waals surface area contributed by atoms with E-state index in [0.29, 0.717) is 22.4 Å². The summed E-state index contributed by atoms with van der Waals surface area (Å²) in [6, 6.07) is 24.0. The van der Waals surface area contributed by atoms with Crippen molar-refractivity contribution in [3.05, 3.63) is 106 Å². The third-order valence-corrected chi connectivity index (χ3v) is 6.28. The summed E-state index contributed by atoms with van der Waals surface area (Å²) in [4.78, 5) is 31.9. The highest BCUT2D eigenvalue weighted by Gasteiger charge is 2.30. The Bertz CT molecular complexity index is 1350. The lowest BCUT2D eigenvalue weighted by molar-refractivity contribution is -0.132. The van der Waals surface area contributed by atoms with Gasteiger partial charge in [-0.15, -0.1) is 0 Å². The molecule has 1 aromatic heterocycles. The van der Waals surface area contributed by atoms with Gasteiger partial charge in [0.2, 0.25) is 0 Å². The predicted molar refractivity (Wildman–Crippen MR) is 138 cm³/mol. The van der Waals surface area contributed by atoms with Gasteiger partial charge in [-0.1, -0.05) is 84.7 Å². The number of aromatic nitrogens is 2. The Labute approximate surface area is 208 Å². The zero-order valence-corrected chi connectivity index (χ0v) is 20.5. The van der Waals surface area contributed by atoms with Crippen molar-refractivity contribution in [1.29, 1.82) is 0 Å². The first-order valence-corrected chi connectivity index (χ1v) is 12.0. The van der Waals surface area contributed by atoms with Crippen LogP contribution in [0, 0.1) is 0 Å². The van der Waals surface area contributed by atoms with Gasteiger partial charge in [-0.05, 0) is 48.7 Å². The molecule has 3 aromatic carbocycles. The molecule has 0 saturated carbocycles. The number of halogens is 2. The van der Waals surface area contributed by atoms with Crippen LogP contribution < -0.4 is 5.56 Å². The minimum absolute atomic E-state index is 0.197. The van der Waals surface area contributed by atoms with E-state index in [0.717, 1.165) is 17.5 Å². The number of para-hydroxylation sites is 1. The number of fused-ring (bicyclic) bond motifs is 1. The topological polar surface area (TPSA) is 55.2 Å². The Balaban J connectivity index is 1.90. The molecular weight excluding hydrogens is 469 g/mol. The highest BCUT2D eigenvalue weighted by molar-refractivity contribution is 6.53. The molecule has 5 nitrogen and oxygen atoms in total. The van der Waals surface area contributed by atoms with E-state index in [1.165, 1.54) is 0 Å². The molecule has 0 bridgehead atoms. The van der Waals surface area contributed by atoms with Crippen LogP contribution in [0.3, 0.4) is 0 Å². The summed E-state index contributed by atoms with van der Waals surface area (Å²) < 4.78 is 1.58. The molecule has 34 heavy (non-hydrogen) atoms.